The van der Waals surface area contributed by atoms with Gasteiger partial charge < -0.3 is 15.2 Å². The van der Waals surface area contributed by atoms with E-state index in [1.54, 1.807) is 7.11 Å². The van der Waals surface area contributed by atoms with Gasteiger partial charge in [0.1, 0.15) is 0 Å². The molecular formula is C14H26N2O4. The van der Waals surface area contributed by atoms with Crippen LogP contribution in [0.3, 0.4) is 0 Å². The minimum absolute atomic E-state index is 0.0334. The highest BCUT2D eigenvalue weighted by Crippen LogP contribution is 2.23. The Kier molecular flexibility index (Phi) is 7.54. The van der Waals surface area contributed by atoms with Crippen LogP contribution in [0.2, 0.25) is 0 Å². The zero-order valence-electron chi connectivity index (χ0n) is 12.4. The summed E-state index contributed by atoms with van der Waals surface area (Å²) in [5, 5.41) is 11.5. The quantitative estimate of drug-likeness (QED) is 0.643. The number of hydrogen-bond donors (Lipinski definition) is 2. The fraction of sp³-hybridized carbons (Fsp3) is 0.857. The molecule has 0 radical (unpaired) electrons. The Hall–Kier alpha value is -1.14. The van der Waals surface area contributed by atoms with E-state index in [2.05, 4.69) is 10.2 Å². The third-order valence-corrected chi connectivity index (χ3v) is 3.95. The molecule has 1 saturated heterocycles. The van der Waals surface area contributed by atoms with E-state index < -0.39 is 5.97 Å². The molecule has 20 heavy (non-hydrogen) atoms. The molecule has 0 aromatic heterocycles. The molecule has 0 bridgehead atoms. The van der Waals surface area contributed by atoms with Gasteiger partial charge in [-0.2, -0.15) is 0 Å². The first-order valence-electron chi connectivity index (χ1n) is 7.27. The molecule has 1 aliphatic heterocycles. The monoisotopic (exact) mass is 286 g/mol. The number of carboxylic acid groups (broad SMARTS) is 1. The molecule has 1 heterocycles. The lowest BCUT2D eigenvalue weighted by molar-refractivity contribution is -0.137. The molecule has 1 fully saturated rings. The first-order valence-corrected chi connectivity index (χ1v) is 7.27. The Morgan fingerprint density at radius 1 is 1.40 bits per heavy atom. The van der Waals surface area contributed by atoms with Crippen molar-refractivity contribution in [1.82, 2.24) is 10.2 Å². The molecule has 0 spiro atoms. The van der Waals surface area contributed by atoms with Crippen molar-refractivity contribution in [2.45, 2.75) is 38.6 Å². The summed E-state index contributed by atoms with van der Waals surface area (Å²) in [4.78, 5) is 24.6. The standard InChI is InChI=1S/C14H26N2O4/c1-11(14(19)15-7-10-20-2)16-8-5-12(6-9-16)3-4-13(17)18/h11-12H,3-10H2,1-2H3,(H,15,19)(H,17,18). The van der Waals surface area contributed by atoms with Gasteiger partial charge in [0.15, 0.2) is 0 Å². The van der Waals surface area contributed by atoms with Gasteiger partial charge in [0.05, 0.1) is 12.6 Å². The first-order chi connectivity index (χ1) is 9.54. The number of likely N-dealkylation sites (tertiary alicyclic amines) is 1. The summed E-state index contributed by atoms with van der Waals surface area (Å²) in [6.07, 6.45) is 2.95. The third kappa shape index (κ3) is 5.88. The van der Waals surface area contributed by atoms with Crippen LogP contribution in [-0.2, 0) is 14.3 Å². The van der Waals surface area contributed by atoms with Crippen molar-refractivity contribution in [2.24, 2.45) is 5.92 Å². The Labute approximate surface area is 120 Å². The van der Waals surface area contributed by atoms with Gasteiger partial charge in [-0.3, -0.25) is 14.5 Å². The highest BCUT2D eigenvalue weighted by atomic mass is 16.5. The predicted molar refractivity (Wildman–Crippen MR) is 75.5 cm³/mol. The van der Waals surface area contributed by atoms with E-state index in [0.717, 1.165) is 32.4 Å². The van der Waals surface area contributed by atoms with E-state index in [-0.39, 0.29) is 18.4 Å². The largest absolute Gasteiger partial charge is 0.481 e. The summed E-state index contributed by atoms with van der Waals surface area (Å²) in [7, 11) is 1.61. The van der Waals surface area contributed by atoms with Crippen molar-refractivity contribution in [3.05, 3.63) is 0 Å². The Morgan fingerprint density at radius 2 is 2.05 bits per heavy atom. The number of piperidine rings is 1. The molecule has 0 saturated carbocycles. The number of hydrogen-bond acceptors (Lipinski definition) is 4. The van der Waals surface area contributed by atoms with Crippen LogP contribution in [0.5, 0.6) is 0 Å². The highest BCUT2D eigenvalue weighted by molar-refractivity contribution is 5.81. The minimum Gasteiger partial charge on any atom is -0.481 e. The third-order valence-electron chi connectivity index (χ3n) is 3.95. The molecular weight excluding hydrogens is 260 g/mol. The van der Waals surface area contributed by atoms with Gasteiger partial charge in [0.25, 0.3) is 0 Å². The second-order valence-electron chi connectivity index (χ2n) is 5.37. The van der Waals surface area contributed by atoms with Crippen molar-refractivity contribution < 1.29 is 19.4 Å². The lowest BCUT2D eigenvalue weighted by Gasteiger charge is -2.35. The van der Waals surface area contributed by atoms with Gasteiger partial charge in [0.2, 0.25) is 5.91 Å². The Balaban J connectivity index is 2.25. The fourth-order valence-corrected chi connectivity index (χ4v) is 2.55. The van der Waals surface area contributed by atoms with Gasteiger partial charge in [-0.15, -0.1) is 0 Å². The maximum Gasteiger partial charge on any atom is 0.303 e. The Bertz CT molecular complexity index is 314. The molecule has 1 amide bonds. The minimum atomic E-state index is -0.724. The van der Waals surface area contributed by atoms with Crippen molar-refractivity contribution in [2.75, 3.05) is 33.4 Å². The van der Waals surface area contributed by atoms with Crippen LogP contribution in [-0.4, -0.2) is 61.3 Å². The molecule has 0 aliphatic carbocycles. The summed E-state index contributed by atoms with van der Waals surface area (Å²) < 4.78 is 4.90. The molecule has 6 nitrogen and oxygen atoms in total. The van der Waals surface area contributed by atoms with Gasteiger partial charge in [-0.05, 0) is 45.2 Å². The maximum atomic E-state index is 11.9. The second kappa shape index (κ2) is 8.92. The lowest BCUT2D eigenvalue weighted by atomic mass is 9.91. The molecule has 116 valence electrons. The molecule has 1 atom stereocenters. The Morgan fingerprint density at radius 3 is 2.60 bits per heavy atom. The molecule has 1 aliphatic rings. The van der Waals surface area contributed by atoms with Crippen LogP contribution in [0.4, 0.5) is 0 Å². The van der Waals surface area contributed by atoms with E-state index in [1.165, 1.54) is 0 Å². The SMILES string of the molecule is COCCNC(=O)C(C)N1CCC(CCC(=O)O)CC1. The van der Waals surface area contributed by atoms with Crippen molar-refractivity contribution in [3.8, 4) is 0 Å². The summed E-state index contributed by atoms with van der Waals surface area (Å²) >= 11 is 0. The van der Waals surface area contributed by atoms with E-state index >= 15 is 0 Å². The molecule has 2 N–H and O–H groups in total. The number of nitrogens with zero attached hydrogens (tertiary/aromatic N) is 1. The van der Waals surface area contributed by atoms with Gasteiger partial charge in [-0.25, -0.2) is 0 Å². The van der Waals surface area contributed by atoms with Crippen LogP contribution in [0, 0.1) is 5.92 Å². The lowest BCUT2D eigenvalue weighted by Crippen LogP contribution is -2.48. The number of ether oxygens (including phenoxy) is 1. The summed E-state index contributed by atoms with van der Waals surface area (Å²) in [6.45, 7) is 4.70. The maximum absolute atomic E-state index is 11.9. The van der Waals surface area contributed by atoms with E-state index in [4.69, 9.17) is 9.84 Å². The zero-order chi connectivity index (χ0) is 15.0. The van der Waals surface area contributed by atoms with E-state index in [9.17, 15) is 9.59 Å². The van der Waals surface area contributed by atoms with Crippen molar-refractivity contribution >= 4 is 11.9 Å². The number of carbonyl (C=O) groups excluding carboxylic acids is 1. The number of aliphatic carboxylic acids is 1. The summed E-state index contributed by atoms with van der Waals surface area (Å²) in [6, 6.07) is -0.132. The van der Waals surface area contributed by atoms with Crippen LogP contribution in [0.1, 0.15) is 32.6 Å². The van der Waals surface area contributed by atoms with Crippen LogP contribution in [0.25, 0.3) is 0 Å². The molecule has 1 unspecified atom stereocenters. The second-order valence-corrected chi connectivity index (χ2v) is 5.37. The number of amides is 1. The zero-order valence-corrected chi connectivity index (χ0v) is 12.4. The van der Waals surface area contributed by atoms with E-state index in [0.29, 0.717) is 19.1 Å². The normalized spacial score (nSPS) is 18.7. The molecule has 0 aromatic rings. The van der Waals surface area contributed by atoms with Crippen molar-refractivity contribution in [3.63, 3.8) is 0 Å². The van der Waals surface area contributed by atoms with Gasteiger partial charge in [0, 0.05) is 20.1 Å². The molecule has 0 aromatic carbocycles. The smallest absolute Gasteiger partial charge is 0.303 e. The topological polar surface area (TPSA) is 78.9 Å². The highest BCUT2D eigenvalue weighted by Gasteiger charge is 2.26. The number of carbonyl (C=O) groups is 2. The average molecular weight is 286 g/mol. The summed E-state index contributed by atoms with van der Waals surface area (Å²) in [5.41, 5.74) is 0. The molecule has 1 rings (SSSR count). The number of rotatable bonds is 8. The van der Waals surface area contributed by atoms with E-state index in [1.807, 2.05) is 6.92 Å². The van der Waals surface area contributed by atoms with Crippen LogP contribution in [0.15, 0.2) is 0 Å². The van der Waals surface area contributed by atoms with Crippen LogP contribution >= 0.6 is 0 Å². The van der Waals surface area contributed by atoms with Gasteiger partial charge in [-0.1, -0.05) is 0 Å². The fourth-order valence-electron chi connectivity index (χ4n) is 2.55. The predicted octanol–water partition coefficient (Wildman–Crippen LogP) is 0.714. The number of nitrogens with one attached hydrogen (secondary N) is 1. The summed E-state index contributed by atoms with van der Waals surface area (Å²) in [5.74, 6) is -0.213. The van der Waals surface area contributed by atoms with Crippen LogP contribution < -0.4 is 5.32 Å². The first kappa shape index (κ1) is 16.9. The van der Waals surface area contributed by atoms with Gasteiger partial charge >= 0.3 is 5.97 Å². The molecule has 6 heteroatoms. The average Bonchev–Trinajstić information content (AvgIpc) is 2.45. The number of carboxylic acids is 1. The number of methoxy groups -OCH3 is 1. The van der Waals surface area contributed by atoms with Crippen molar-refractivity contribution in [1.29, 1.82) is 0 Å².